The molecule has 0 aliphatic carbocycles. The topological polar surface area (TPSA) is 87.5 Å². The quantitative estimate of drug-likeness (QED) is 0.760. The highest BCUT2D eigenvalue weighted by molar-refractivity contribution is 8.01. The molecule has 0 saturated heterocycles. The smallest absolute Gasteiger partial charge is 0.308 e. The molecule has 0 amide bonds. The van der Waals surface area contributed by atoms with E-state index in [-0.39, 0.29) is 5.75 Å². The second-order valence-electron chi connectivity index (χ2n) is 4.56. The van der Waals surface area contributed by atoms with Crippen LogP contribution in [0.5, 0.6) is 0 Å². The van der Waals surface area contributed by atoms with E-state index in [0.29, 0.717) is 6.42 Å². The molecule has 0 aliphatic rings. The van der Waals surface area contributed by atoms with E-state index in [0.717, 1.165) is 14.6 Å². The predicted octanol–water partition coefficient (Wildman–Crippen LogP) is 3.20. The van der Waals surface area contributed by atoms with Crippen LogP contribution in [0.1, 0.15) is 13.3 Å². The third kappa shape index (κ3) is 3.74. The fourth-order valence-corrected chi connectivity index (χ4v) is 4.33. The first-order valence-corrected chi connectivity index (χ1v) is 8.27. The average molecular weight is 325 g/mol. The molecule has 0 spiro atoms. The number of hydrogen-bond acceptors (Lipinski definition) is 5. The zero-order chi connectivity index (χ0) is 15.4. The van der Waals surface area contributed by atoms with Gasteiger partial charge in [0.1, 0.15) is 0 Å². The van der Waals surface area contributed by atoms with Crippen LogP contribution in [0, 0.1) is 11.8 Å². The largest absolute Gasteiger partial charge is 0.481 e. The number of para-hydroxylation sites is 1. The number of fused-ring (bicyclic) bond motifs is 1. The maximum absolute atomic E-state index is 11.3. The summed E-state index contributed by atoms with van der Waals surface area (Å²) in [7, 11) is 0. The number of hydrogen-bond donors (Lipinski definition) is 2. The van der Waals surface area contributed by atoms with Gasteiger partial charge in [0.2, 0.25) is 0 Å². The maximum atomic E-state index is 11.3. The van der Waals surface area contributed by atoms with Crippen molar-refractivity contribution in [1.29, 1.82) is 0 Å². The van der Waals surface area contributed by atoms with Crippen molar-refractivity contribution in [2.75, 3.05) is 5.75 Å². The van der Waals surface area contributed by atoms with E-state index in [1.165, 1.54) is 23.1 Å². The Kier molecular flexibility index (Phi) is 5.19. The predicted molar refractivity (Wildman–Crippen MR) is 82.9 cm³/mol. The molecule has 0 fully saturated rings. The molecule has 1 heterocycles. The molecule has 2 aromatic rings. The molecular formula is C14H15NO4S2. The summed E-state index contributed by atoms with van der Waals surface area (Å²) in [6, 6.07) is 7.68. The highest BCUT2D eigenvalue weighted by atomic mass is 32.2. The number of nitrogens with zero attached hydrogens (tertiary/aromatic N) is 1. The van der Waals surface area contributed by atoms with Crippen LogP contribution < -0.4 is 0 Å². The summed E-state index contributed by atoms with van der Waals surface area (Å²) < 4.78 is 1.81. The lowest BCUT2D eigenvalue weighted by Gasteiger charge is -2.17. The summed E-state index contributed by atoms with van der Waals surface area (Å²) in [4.78, 5) is 26.9. The Labute approximate surface area is 130 Å². The van der Waals surface area contributed by atoms with Gasteiger partial charge < -0.3 is 10.2 Å². The van der Waals surface area contributed by atoms with Crippen molar-refractivity contribution < 1.29 is 19.8 Å². The molecular weight excluding hydrogens is 310 g/mol. The standard InChI is InChI=1S/C14H15NO4S2/c1-2-8(12(16)17)9(13(18)19)7-20-14-15-10-5-3-4-6-11(10)21-14/h3-6,8-9H,2,7H2,1H3,(H,16,17)(H,18,19). The summed E-state index contributed by atoms with van der Waals surface area (Å²) in [5.41, 5.74) is 0.877. The van der Waals surface area contributed by atoms with E-state index in [1.54, 1.807) is 6.92 Å². The fraction of sp³-hybridized carbons (Fsp3) is 0.357. The van der Waals surface area contributed by atoms with Gasteiger partial charge in [-0.1, -0.05) is 30.8 Å². The third-order valence-electron chi connectivity index (χ3n) is 3.22. The number of thioether (sulfide) groups is 1. The van der Waals surface area contributed by atoms with Gasteiger partial charge in [-0.15, -0.1) is 11.3 Å². The van der Waals surface area contributed by atoms with Crippen LogP contribution in [0.3, 0.4) is 0 Å². The maximum Gasteiger partial charge on any atom is 0.308 e. The van der Waals surface area contributed by atoms with Gasteiger partial charge in [-0.25, -0.2) is 4.98 Å². The molecule has 112 valence electrons. The number of aliphatic carboxylic acids is 2. The third-order valence-corrected chi connectivity index (χ3v) is 5.52. The molecule has 5 nitrogen and oxygen atoms in total. The minimum absolute atomic E-state index is 0.208. The van der Waals surface area contributed by atoms with Crippen LogP contribution in [-0.2, 0) is 9.59 Å². The monoisotopic (exact) mass is 325 g/mol. The van der Waals surface area contributed by atoms with Crippen molar-refractivity contribution in [3.05, 3.63) is 24.3 Å². The number of carbonyl (C=O) groups is 2. The second kappa shape index (κ2) is 6.91. The lowest BCUT2D eigenvalue weighted by molar-refractivity contribution is -0.152. The molecule has 2 unspecified atom stereocenters. The molecule has 1 aromatic heterocycles. The van der Waals surface area contributed by atoms with Crippen molar-refractivity contribution in [3.8, 4) is 0 Å². The fourth-order valence-electron chi connectivity index (χ4n) is 2.06. The molecule has 2 N–H and O–H groups in total. The molecule has 0 radical (unpaired) electrons. The van der Waals surface area contributed by atoms with E-state index in [9.17, 15) is 14.7 Å². The Bertz CT molecular complexity index is 622. The number of carboxylic acid groups (broad SMARTS) is 2. The van der Waals surface area contributed by atoms with Gasteiger partial charge in [-0.05, 0) is 18.6 Å². The van der Waals surface area contributed by atoms with Gasteiger partial charge in [0, 0.05) is 5.75 Å². The van der Waals surface area contributed by atoms with Gasteiger partial charge in [-0.2, -0.15) is 0 Å². The van der Waals surface area contributed by atoms with Crippen LogP contribution >= 0.6 is 23.1 Å². The molecule has 1 aromatic carbocycles. The van der Waals surface area contributed by atoms with Crippen molar-refractivity contribution >= 4 is 45.3 Å². The van der Waals surface area contributed by atoms with Gasteiger partial charge in [0.15, 0.2) is 4.34 Å². The number of aromatic nitrogens is 1. The highest BCUT2D eigenvalue weighted by Gasteiger charge is 2.32. The number of thiazole rings is 1. The Hall–Kier alpha value is -1.60. The molecule has 0 aliphatic heterocycles. The van der Waals surface area contributed by atoms with Crippen molar-refractivity contribution in [2.24, 2.45) is 11.8 Å². The van der Waals surface area contributed by atoms with Crippen molar-refractivity contribution in [3.63, 3.8) is 0 Å². The lowest BCUT2D eigenvalue weighted by Crippen LogP contribution is -2.31. The molecule has 7 heteroatoms. The summed E-state index contributed by atoms with van der Waals surface area (Å²) in [6.45, 7) is 1.69. The van der Waals surface area contributed by atoms with E-state index in [4.69, 9.17) is 5.11 Å². The van der Waals surface area contributed by atoms with E-state index in [2.05, 4.69) is 4.98 Å². The van der Waals surface area contributed by atoms with E-state index >= 15 is 0 Å². The Morgan fingerprint density at radius 2 is 1.90 bits per heavy atom. The van der Waals surface area contributed by atoms with Crippen LogP contribution in [0.25, 0.3) is 10.2 Å². The highest BCUT2D eigenvalue weighted by Crippen LogP contribution is 2.32. The van der Waals surface area contributed by atoms with E-state index < -0.39 is 23.8 Å². The number of rotatable bonds is 7. The SMILES string of the molecule is CCC(C(=O)O)C(CSc1nc2ccccc2s1)C(=O)O. The Morgan fingerprint density at radius 3 is 2.48 bits per heavy atom. The minimum Gasteiger partial charge on any atom is -0.481 e. The summed E-state index contributed by atoms with van der Waals surface area (Å²) in [6.07, 6.45) is 0.298. The van der Waals surface area contributed by atoms with Gasteiger partial charge in [0.05, 0.1) is 22.1 Å². The average Bonchev–Trinajstić information content (AvgIpc) is 2.85. The van der Waals surface area contributed by atoms with Gasteiger partial charge in [0.25, 0.3) is 0 Å². The number of benzene rings is 1. The van der Waals surface area contributed by atoms with Crippen LogP contribution in [0.15, 0.2) is 28.6 Å². The summed E-state index contributed by atoms with van der Waals surface area (Å²) >= 11 is 2.80. The van der Waals surface area contributed by atoms with Crippen LogP contribution in [0.2, 0.25) is 0 Å². The first-order chi connectivity index (χ1) is 10.0. The first kappa shape index (κ1) is 15.8. The Morgan fingerprint density at radius 1 is 1.24 bits per heavy atom. The second-order valence-corrected chi connectivity index (χ2v) is 6.85. The summed E-state index contributed by atoms with van der Waals surface area (Å²) in [5, 5.41) is 18.4. The zero-order valence-corrected chi connectivity index (χ0v) is 13.0. The zero-order valence-electron chi connectivity index (χ0n) is 11.4. The first-order valence-electron chi connectivity index (χ1n) is 6.47. The molecule has 21 heavy (non-hydrogen) atoms. The molecule has 0 bridgehead atoms. The minimum atomic E-state index is -1.07. The van der Waals surface area contributed by atoms with E-state index in [1.807, 2.05) is 24.3 Å². The molecule has 2 rings (SSSR count). The normalized spacial score (nSPS) is 14.0. The molecule has 0 saturated carbocycles. The lowest BCUT2D eigenvalue weighted by atomic mass is 9.92. The van der Waals surface area contributed by atoms with Crippen molar-refractivity contribution in [1.82, 2.24) is 4.98 Å². The van der Waals surface area contributed by atoms with Gasteiger partial charge >= 0.3 is 11.9 Å². The Balaban J connectivity index is 2.11. The van der Waals surface area contributed by atoms with Crippen LogP contribution in [0.4, 0.5) is 0 Å². The van der Waals surface area contributed by atoms with Crippen LogP contribution in [-0.4, -0.2) is 32.9 Å². The van der Waals surface area contributed by atoms with Crippen molar-refractivity contribution in [2.45, 2.75) is 17.7 Å². The molecule has 2 atom stereocenters. The van der Waals surface area contributed by atoms with Gasteiger partial charge in [-0.3, -0.25) is 9.59 Å². The number of carboxylic acids is 2. The summed E-state index contributed by atoms with van der Waals surface area (Å²) in [5.74, 6) is -3.71.